The van der Waals surface area contributed by atoms with Gasteiger partial charge in [-0.3, -0.25) is 0 Å². The molecule has 1 aliphatic heterocycles. The topological polar surface area (TPSA) is 63.2 Å². The zero-order chi connectivity index (χ0) is 11.8. The second kappa shape index (κ2) is 4.01. The van der Waals surface area contributed by atoms with Gasteiger partial charge in [0.1, 0.15) is 11.6 Å². The van der Waals surface area contributed by atoms with Crippen molar-refractivity contribution in [1.29, 1.82) is 0 Å². The van der Waals surface area contributed by atoms with Crippen molar-refractivity contribution in [3.05, 3.63) is 18.1 Å². The van der Waals surface area contributed by atoms with E-state index in [-0.39, 0.29) is 17.5 Å². The summed E-state index contributed by atoms with van der Waals surface area (Å²) < 4.78 is 22.9. The first-order chi connectivity index (χ1) is 7.48. The molecule has 0 amide bonds. The third-order valence-corrected chi connectivity index (χ3v) is 4.52. The minimum atomic E-state index is -2.87. The lowest BCUT2D eigenvalue weighted by Gasteiger charge is -2.34. The van der Waals surface area contributed by atoms with Gasteiger partial charge in [-0.2, -0.15) is 0 Å². The molecule has 1 aliphatic rings. The number of sulfone groups is 1. The van der Waals surface area contributed by atoms with Gasteiger partial charge in [-0.1, -0.05) is 0 Å². The minimum Gasteiger partial charge on any atom is -0.352 e. The van der Waals surface area contributed by atoms with Gasteiger partial charge in [0, 0.05) is 18.8 Å². The SMILES string of the molecule is Cc1nccc(N2CCS(=O)(=O)CC2C)n1. The molecule has 1 fully saturated rings. The van der Waals surface area contributed by atoms with E-state index in [1.807, 2.05) is 24.8 Å². The van der Waals surface area contributed by atoms with E-state index in [9.17, 15) is 8.42 Å². The van der Waals surface area contributed by atoms with Gasteiger partial charge in [-0.05, 0) is 19.9 Å². The summed E-state index contributed by atoms with van der Waals surface area (Å²) in [5, 5.41) is 0. The molecule has 16 heavy (non-hydrogen) atoms. The van der Waals surface area contributed by atoms with Crippen molar-refractivity contribution >= 4 is 15.7 Å². The Kier molecular flexibility index (Phi) is 2.84. The van der Waals surface area contributed by atoms with Crippen LogP contribution < -0.4 is 4.90 Å². The Morgan fingerprint density at radius 2 is 2.25 bits per heavy atom. The Morgan fingerprint density at radius 1 is 1.50 bits per heavy atom. The molecule has 2 heterocycles. The molecule has 0 bridgehead atoms. The Morgan fingerprint density at radius 3 is 2.88 bits per heavy atom. The van der Waals surface area contributed by atoms with E-state index < -0.39 is 9.84 Å². The molecule has 6 heteroatoms. The first kappa shape index (κ1) is 11.3. The van der Waals surface area contributed by atoms with E-state index >= 15 is 0 Å². The van der Waals surface area contributed by atoms with Crippen molar-refractivity contribution in [1.82, 2.24) is 9.97 Å². The van der Waals surface area contributed by atoms with E-state index in [0.29, 0.717) is 12.4 Å². The zero-order valence-electron chi connectivity index (χ0n) is 9.42. The summed E-state index contributed by atoms with van der Waals surface area (Å²) in [6, 6.07) is 1.80. The molecule has 1 unspecified atom stereocenters. The summed E-state index contributed by atoms with van der Waals surface area (Å²) >= 11 is 0. The second-order valence-corrected chi connectivity index (χ2v) is 6.35. The highest BCUT2D eigenvalue weighted by Gasteiger charge is 2.28. The Balaban J connectivity index is 2.24. The second-order valence-electron chi connectivity index (χ2n) is 4.12. The summed E-state index contributed by atoms with van der Waals surface area (Å²) in [5.74, 6) is 1.93. The average molecular weight is 241 g/mol. The maximum Gasteiger partial charge on any atom is 0.154 e. The van der Waals surface area contributed by atoms with Gasteiger partial charge in [-0.25, -0.2) is 18.4 Å². The van der Waals surface area contributed by atoms with E-state index in [2.05, 4.69) is 9.97 Å². The molecule has 0 aromatic carbocycles. The molecule has 88 valence electrons. The first-order valence-electron chi connectivity index (χ1n) is 5.25. The summed E-state index contributed by atoms with van der Waals surface area (Å²) in [6.07, 6.45) is 1.70. The standard InChI is InChI=1S/C10H15N3O2S/c1-8-7-16(14,15)6-5-13(8)10-3-4-11-9(2)12-10/h3-4,8H,5-7H2,1-2H3. The van der Waals surface area contributed by atoms with Crippen LogP contribution in [0.2, 0.25) is 0 Å². The molecular formula is C10H15N3O2S. The van der Waals surface area contributed by atoms with Crippen LogP contribution >= 0.6 is 0 Å². The third kappa shape index (κ3) is 2.32. The summed E-state index contributed by atoms with van der Waals surface area (Å²) in [5.41, 5.74) is 0. The monoisotopic (exact) mass is 241 g/mol. The number of nitrogens with zero attached hydrogens (tertiary/aromatic N) is 3. The van der Waals surface area contributed by atoms with E-state index in [4.69, 9.17) is 0 Å². The van der Waals surface area contributed by atoms with Crippen LogP contribution in [0.25, 0.3) is 0 Å². The van der Waals surface area contributed by atoms with Gasteiger partial charge >= 0.3 is 0 Å². The summed E-state index contributed by atoms with van der Waals surface area (Å²) in [7, 11) is -2.87. The fraction of sp³-hybridized carbons (Fsp3) is 0.600. The zero-order valence-corrected chi connectivity index (χ0v) is 10.2. The molecular weight excluding hydrogens is 226 g/mol. The predicted octanol–water partition coefficient (Wildman–Crippen LogP) is 0.408. The van der Waals surface area contributed by atoms with Crippen molar-refractivity contribution < 1.29 is 8.42 Å². The Hall–Kier alpha value is -1.17. The highest BCUT2D eigenvalue weighted by molar-refractivity contribution is 7.91. The number of aromatic nitrogens is 2. The highest BCUT2D eigenvalue weighted by Crippen LogP contribution is 2.18. The van der Waals surface area contributed by atoms with Crippen LogP contribution in [0.3, 0.4) is 0 Å². The number of hydrogen-bond donors (Lipinski definition) is 0. The molecule has 1 saturated heterocycles. The van der Waals surface area contributed by atoms with Gasteiger partial charge in [-0.15, -0.1) is 0 Å². The van der Waals surface area contributed by atoms with Crippen molar-refractivity contribution in [2.45, 2.75) is 19.9 Å². The molecule has 2 rings (SSSR count). The lowest BCUT2D eigenvalue weighted by molar-refractivity contribution is 0.566. The maximum atomic E-state index is 11.4. The molecule has 0 radical (unpaired) electrons. The number of rotatable bonds is 1. The largest absolute Gasteiger partial charge is 0.352 e. The van der Waals surface area contributed by atoms with Gasteiger partial charge in [0.2, 0.25) is 0 Å². The molecule has 1 aromatic heterocycles. The van der Waals surface area contributed by atoms with Crippen molar-refractivity contribution in [3.63, 3.8) is 0 Å². The molecule has 1 atom stereocenters. The van der Waals surface area contributed by atoms with Crippen LogP contribution in [0.5, 0.6) is 0 Å². The quantitative estimate of drug-likeness (QED) is 0.712. The Bertz CT molecular complexity index is 487. The fourth-order valence-corrected chi connectivity index (χ4v) is 3.50. The first-order valence-corrected chi connectivity index (χ1v) is 7.07. The number of hydrogen-bond acceptors (Lipinski definition) is 5. The van der Waals surface area contributed by atoms with E-state index in [1.54, 1.807) is 6.20 Å². The fourth-order valence-electron chi connectivity index (χ4n) is 1.94. The predicted molar refractivity (Wildman–Crippen MR) is 62.2 cm³/mol. The minimum absolute atomic E-state index is 0.0203. The van der Waals surface area contributed by atoms with Crippen LogP contribution in [-0.2, 0) is 9.84 Å². The Labute approximate surface area is 95.4 Å². The van der Waals surface area contributed by atoms with Crippen LogP contribution in [0.4, 0.5) is 5.82 Å². The third-order valence-electron chi connectivity index (χ3n) is 2.73. The summed E-state index contributed by atoms with van der Waals surface area (Å²) in [6.45, 7) is 4.25. The van der Waals surface area contributed by atoms with Crippen molar-refractivity contribution in [2.24, 2.45) is 0 Å². The van der Waals surface area contributed by atoms with E-state index in [0.717, 1.165) is 5.82 Å². The lowest BCUT2D eigenvalue weighted by Crippen LogP contribution is -2.47. The smallest absolute Gasteiger partial charge is 0.154 e. The molecule has 0 saturated carbocycles. The molecule has 1 aromatic rings. The van der Waals surface area contributed by atoms with Crippen LogP contribution in [0.1, 0.15) is 12.7 Å². The highest BCUT2D eigenvalue weighted by atomic mass is 32.2. The van der Waals surface area contributed by atoms with Crippen LogP contribution in [0, 0.1) is 6.92 Å². The van der Waals surface area contributed by atoms with Gasteiger partial charge in [0.05, 0.1) is 11.5 Å². The molecule has 0 N–H and O–H groups in total. The van der Waals surface area contributed by atoms with Crippen molar-refractivity contribution in [3.8, 4) is 0 Å². The van der Waals surface area contributed by atoms with E-state index in [1.165, 1.54) is 0 Å². The number of aryl methyl sites for hydroxylation is 1. The van der Waals surface area contributed by atoms with Gasteiger partial charge in [0.15, 0.2) is 9.84 Å². The van der Waals surface area contributed by atoms with Crippen molar-refractivity contribution in [2.75, 3.05) is 23.0 Å². The van der Waals surface area contributed by atoms with Crippen LogP contribution in [0.15, 0.2) is 12.3 Å². The van der Waals surface area contributed by atoms with Gasteiger partial charge < -0.3 is 4.90 Å². The summed E-state index contributed by atoms with van der Waals surface area (Å²) in [4.78, 5) is 10.4. The molecule has 0 spiro atoms. The normalized spacial score (nSPS) is 24.4. The lowest BCUT2D eigenvalue weighted by atomic mass is 10.3. The molecule has 0 aliphatic carbocycles. The van der Waals surface area contributed by atoms with Crippen LogP contribution in [-0.4, -0.2) is 42.5 Å². The number of anilines is 1. The maximum absolute atomic E-state index is 11.4. The van der Waals surface area contributed by atoms with Gasteiger partial charge in [0.25, 0.3) is 0 Å². The molecule has 5 nitrogen and oxygen atoms in total. The average Bonchev–Trinajstić information content (AvgIpc) is 2.15.